The molecular weight excluding hydrogens is 282 g/mol. The highest BCUT2D eigenvalue weighted by atomic mass is 35.5. The number of oxime groups is 1. The van der Waals surface area contributed by atoms with Crippen LogP contribution < -0.4 is 4.74 Å². The van der Waals surface area contributed by atoms with Crippen LogP contribution in [0.1, 0.15) is 5.56 Å². The molecule has 7 heteroatoms. The van der Waals surface area contributed by atoms with Gasteiger partial charge in [-0.3, -0.25) is 5.21 Å². The Kier molecular flexibility index (Phi) is 4.39. The molecule has 0 aliphatic carbocycles. The highest BCUT2D eigenvalue weighted by molar-refractivity contribution is 6.30. The maximum atomic E-state index is 9.28. The van der Waals surface area contributed by atoms with Gasteiger partial charge in [-0.15, -0.1) is 0 Å². The number of halogens is 1. The summed E-state index contributed by atoms with van der Waals surface area (Å²) in [5, 5.41) is 22.4. The van der Waals surface area contributed by atoms with E-state index in [1.54, 1.807) is 36.4 Å². The van der Waals surface area contributed by atoms with E-state index in [4.69, 9.17) is 21.5 Å². The average Bonchev–Trinajstić information content (AvgIpc) is 2.44. The first-order valence-corrected chi connectivity index (χ1v) is 6.02. The fourth-order valence-corrected chi connectivity index (χ4v) is 1.64. The summed E-state index contributed by atoms with van der Waals surface area (Å²) in [5.74, 6) is 1.00. The molecule has 0 amide bonds. The van der Waals surface area contributed by atoms with Crippen LogP contribution in [0.15, 0.2) is 47.8 Å². The van der Waals surface area contributed by atoms with Crippen LogP contribution in [0.25, 0.3) is 0 Å². The van der Waals surface area contributed by atoms with Crippen LogP contribution in [0.3, 0.4) is 0 Å². The number of amidine groups is 1. The topological polar surface area (TPSA) is 78.2 Å². The quantitative estimate of drug-likeness (QED) is 0.394. The normalized spacial score (nSPS) is 11.2. The van der Waals surface area contributed by atoms with Gasteiger partial charge in [0.05, 0.1) is 5.02 Å². The number of hydrogen-bond donors (Lipinski definition) is 2. The van der Waals surface area contributed by atoms with E-state index in [9.17, 15) is 5.21 Å². The monoisotopic (exact) mass is 293 g/mol. The molecule has 6 nitrogen and oxygen atoms in total. The van der Waals surface area contributed by atoms with Crippen LogP contribution in [0.5, 0.6) is 11.6 Å². The van der Waals surface area contributed by atoms with Crippen LogP contribution in [0.4, 0.5) is 0 Å². The SMILES string of the molecule is CN(O)/C(=N\O)c1ccc(Oc2ccc(Cl)cn2)cc1. The Morgan fingerprint density at radius 3 is 2.45 bits per heavy atom. The molecule has 0 bridgehead atoms. The molecule has 0 aliphatic heterocycles. The summed E-state index contributed by atoms with van der Waals surface area (Å²) in [6.07, 6.45) is 1.49. The molecule has 2 rings (SSSR count). The zero-order chi connectivity index (χ0) is 14.5. The summed E-state index contributed by atoms with van der Waals surface area (Å²) >= 11 is 5.73. The second-order valence-corrected chi connectivity index (χ2v) is 4.32. The van der Waals surface area contributed by atoms with Gasteiger partial charge in [0.1, 0.15) is 5.75 Å². The number of benzene rings is 1. The van der Waals surface area contributed by atoms with Gasteiger partial charge in [-0.2, -0.15) is 0 Å². The molecule has 0 spiro atoms. The lowest BCUT2D eigenvalue weighted by Gasteiger charge is -2.12. The second-order valence-electron chi connectivity index (χ2n) is 3.89. The number of hydrogen-bond acceptors (Lipinski definition) is 5. The minimum Gasteiger partial charge on any atom is -0.439 e. The predicted octanol–water partition coefficient (Wildman–Crippen LogP) is 2.98. The Labute approximate surface area is 120 Å². The first-order valence-electron chi connectivity index (χ1n) is 5.64. The van der Waals surface area contributed by atoms with E-state index in [1.807, 2.05) is 0 Å². The summed E-state index contributed by atoms with van der Waals surface area (Å²) in [7, 11) is 1.36. The zero-order valence-corrected chi connectivity index (χ0v) is 11.3. The molecule has 1 aromatic heterocycles. The lowest BCUT2D eigenvalue weighted by atomic mass is 10.2. The number of hydroxylamine groups is 2. The maximum Gasteiger partial charge on any atom is 0.219 e. The molecule has 0 unspecified atom stereocenters. The molecule has 0 fully saturated rings. The lowest BCUT2D eigenvalue weighted by molar-refractivity contribution is 0.0108. The Morgan fingerprint density at radius 2 is 1.95 bits per heavy atom. The van der Waals surface area contributed by atoms with Crippen molar-refractivity contribution in [1.29, 1.82) is 0 Å². The van der Waals surface area contributed by atoms with E-state index in [1.165, 1.54) is 13.2 Å². The molecule has 20 heavy (non-hydrogen) atoms. The van der Waals surface area contributed by atoms with E-state index in [-0.39, 0.29) is 5.84 Å². The molecule has 0 atom stereocenters. The number of rotatable bonds is 3. The minimum atomic E-state index is 0.0289. The van der Waals surface area contributed by atoms with Gasteiger partial charge in [0, 0.05) is 24.9 Å². The molecule has 1 heterocycles. The van der Waals surface area contributed by atoms with E-state index in [2.05, 4.69) is 10.1 Å². The predicted molar refractivity (Wildman–Crippen MR) is 73.6 cm³/mol. The summed E-state index contributed by atoms with van der Waals surface area (Å²) in [6, 6.07) is 9.95. The van der Waals surface area contributed by atoms with Crippen LogP contribution in [-0.4, -0.2) is 33.3 Å². The molecule has 2 aromatic rings. The zero-order valence-electron chi connectivity index (χ0n) is 10.6. The fourth-order valence-electron chi connectivity index (χ4n) is 1.52. The molecule has 1 aromatic carbocycles. The van der Waals surface area contributed by atoms with E-state index in [0.717, 1.165) is 5.06 Å². The summed E-state index contributed by atoms with van der Waals surface area (Å²) < 4.78 is 5.51. The van der Waals surface area contributed by atoms with Crippen molar-refractivity contribution in [3.05, 3.63) is 53.2 Å². The van der Waals surface area contributed by atoms with Crippen molar-refractivity contribution in [2.75, 3.05) is 7.05 Å². The van der Waals surface area contributed by atoms with Gasteiger partial charge in [0.15, 0.2) is 5.84 Å². The lowest BCUT2D eigenvalue weighted by Crippen LogP contribution is -2.23. The number of pyridine rings is 1. The highest BCUT2D eigenvalue weighted by Gasteiger charge is 2.08. The maximum absolute atomic E-state index is 9.28. The Morgan fingerprint density at radius 1 is 1.25 bits per heavy atom. The smallest absolute Gasteiger partial charge is 0.219 e. The summed E-state index contributed by atoms with van der Waals surface area (Å²) in [4.78, 5) is 4.01. The molecule has 0 radical (unpaired) electrons. The summed E-state index contributed by atoms with van der Waals surface area (Å²) in [5.41, 5.74) is 0.536. The molecule has 0 saturated heterocycles. The van der Waals surface area contributed by atoms with Gasteiger partial charge in [-0.25, -0.2) is 10.0 Å². The molecule has 0 aliphatic rings. The largest absolute Gasteiger partial charge is 0.439 e. The van der Waals surface area contributed by atoms with Crippen molar-refractivity contribution < 1.29 is 15.2 Å². The fraction of sp³-hybridized carbons (Fsp3) is 0.0769. The second kappa shape index (κ2) is 6.23. The summed E-state index contributed by atoms with van der Waals surface area (Å²) in [6.45, 7) is 0. The van der Waals surface area contributed by atoms with Gasteiger partial charge in [0.2, 0.25) is 5.88 Å². The van der Waals surface area contributed by atoms with Crippen LogP contribution in [0, 0.1) is 0 Å². The Bertz CT molecular complexity index is 597. The van der Waals surface area contributed by atoms with Gasteiger partial charge in [0.25, 0.3) is 0 Å². The number of ether oxygens (including phenoxy) is 1. The Balaban J connectivity index is 2.14. The number of aromatic nitrogens is 1. The van der Waals surface area contributed by atoms with Crippen molar-refractivity contribution in [3.8, 4) is 11.6 Å². The van der Waals surface area contributed by atoms with Gasteiger partial charge < -0.3 is 9.94 Å². The van der Waals surface area contributed by atoms with Crippen LogP contribution in [0.2, 0.25) is 5.02 Å². The third-order valence-corrected chi connectivity index (χ3v) is 2.66. The van der Waals surface area contributed by atoms with Crippen LogP contribution >= 0.6 is 11.6 Å². The average molecular weight is 294 g/mol. The first kappa shape index (κ1) is 14.1. The van der Waals surface area contributed by atoms with E-state index >= 15 is 0 Å². The van der Waals surface area contributed by atoms with Gasteiger partial charge in [-0.1, -0.05) is 16.8 Å². The third kappa shape index (κ3) is 3.37. The first-order chi connectivity index (χ1) is 9.60. The van der Waals surface area contributed by atoms with Crippen LogP contribution in [-0.2, 0) is 0 Å². The molecular formula is C13H12ClN3O3. The van der Waals surface area contributed by atoms with Crippen molar-refractivity contribution in [2.24, 2.45) is 5.16 Å². The van der Waals surface area contributed by atoms with Crippen molar-refractivity contribution >= 4 is 17.4 Å². The van der Waals surface area contributed by atoms with Crippen molar-refractivity contribution in [2.45, 2.75) is 0 Å². The standard InChI is InChI=1S/C13H12ClN3O3/c1-17(19)13(16-18)9-2-5-11(6-3-9)20-12-7-4-10(14)8-15-12/h2-8,18-19H,1H3/b16-13-. The third-order valence-electron chi connectivity index (χ3n) is 2.44. The Hall–Kier alpha value is -2.31. The van der Waals surface area contributed by atoms with Gasteiger partial charge in [-0.05, 0) is 30.3 Å². The molecule has 2 N–H and O–H groups in total. The van der Waals surface area contributed by atoms with Crippen molar-refractivity contribution in [3.63, 3.8) is 0 Å². The van der Waals surface area contributed by atoms with Gasteiger partial charge >= 0.3 is 0 Å². The van der Waals surface area contributed by atoms with E-state index in [0.29, 0.717) is 22.2 Å². The molecule has 0 saturated carbocycles. The highest BCUT2D eigenvalue weighted by Crippen LogP contribution is 2.21. The minimum absolute atomic E-state index is 0.0289. The van der Waals surface area contributed by atoms with E-state index < -0.39 is 0 Å². The molecule has 104 valence electrons. The van der Waals surface area contributed by atoms with Crippen molar-refractivity contribution in [1.82, 2.24) is 10.0 Å². The number of nitrogens with zero attached hydrogens (tertiary/aromatic N) is 3.